The van der Waals surface area contributed by atoms with Crippen LogP contribution in [0.25, 0.3) is 0 Å². The number of carbonyl (C=O) groups excluding carboxylic acids is 1. The molecule has 0 heterocycles. The van der Waals surface area contributed by atoms with E-state index in [4.69, 9.17) is 11.6 Å². The van der Waals surface area contributed by atoms with E-state index in [1.807, 2.05) is 45.4 Å². The second kappa shape index (κ2) is 6.62. The van der Waals surface area contributed by atoms with E-state index in [1.54, 1.807) is 4.90 Å². The fourth-order valence-electron chi connectivity index (χ4n) is 1.46. The van der Waals surface area contributed by atoms with E-state index in [2.05, 4.69) is 4.90 Å². The quantitative estimate of drug-likeness (QED) is 0.751. The first-order chi connectivity index (χ1) is 8.04. The Morgan fingerprint density at radius 2 is 1.94 bits per heavy atom. The highest BCUT2D eigenvalue weighted by molar-refractivity contribution is 6.17. The maximum absolute atomic E-state index is 12.1. The molecule has 17 heavy (non-hydrogen) atoms. The van der Waals surface area contributed by atoms with Crippen LogP contribution in [-0.2, 0) is 5.88 Å². The lowest BCUT2D eigenvalue weighted by molar-refractivity contribution is 0.0786. The van der Waals surface area contributed by atoms with Crippen LogP contribution < -0.4 is 0 Å². The van der Waals surface area contributed by atoms with Gasteiger partial charge in [-0.1, -0.05) is 12.1 Å². The first kappa shape index (κ1) is 14.0. The monoisotopic (exact) mass is 254 g/mol. The van der Waals surface area contributed by atoms with Gasteiger partial charge in [0.25, 0.3) is 5.91 Å². The number of rotatable bonds is 5. The maximum atomic E-state index is 12.1. The Morgan fingerprint density at radius 1 is 1.24 bits per heavy atom. The summed E-state index contributed by atoms with van der Waals surface area (Å²) in [5.41, 5.74) is 1.67. The summed E-state index contributed by atoms with van der Waals surface area (Å²) in [5, 5.41) is 0. The summed E-state index contributed by atoms with van der Waals surface area (Å²) in [4.78, 5) is 15.9. The van der Waals surface area contributed by atoms with Gasteiger partial charge in [-0.05, 0) is 31.8 Å². The third kappa shape index (κ3) is 4.36. The zero-order chi connectivity index (χ0) is 12.8. The molecule has 0 unspecified atom stereocenters. The average molecular weight is 255 g/mol. The molecule has 0 aromatic heterocycles. The number of likely N-dealkylation sites (N-methyl/N-ethyl adjacent to an activating group) is 2. The number of nitrogens with zero attached hydrogens (tertiary/aromatic N) is 2. The van der Waals surface area contributed by atoms with Crippen LogP contribution in [0.5, 0.6) is 0 Å². The fourth-order valence-corrected chi connectivity index (χ4v) is 1.63. The van der Waals surface area contributed by atoms with Crippen LogP contribution >= 0.6 is 11.6 Å². The Labute approximate surface area is 108 Å². The molecule has 0 bridgehead atoms. The lowest BCUT2D eigenvalue weighted by Gasteiger charge is -2.19. The summed E-state index contributed by atoms with van der Waals surface area (Å²) >= 11 is 5.75. The van der Waals surface area contributed by atoms with E-state index in [0.29, 0.717) is 11.4 Å². The van der Waals surface area contributed by atoms with Gasteiger partial charge in [0, 0.05) is 31.6 Å². The predicted octanol–water partition coefficient (Wildman–Crippen LogP) is 2.06. The van der Waals surface area contributed by atoms with Crippen molar-refractivity contribution in [3.8, 4) is 0 Å². The molecule has 1 amide bonds. The van der Waals surface area contributed by atoms with Gasteiger partial charge < -0.3 is 9.80 Å². The summed E-state index contributed by atoms with van der Waals surface area (Å²) in [5.74, 6) is 0.474. The van der Waals surface area contributed by atoms with Crippen molar-refractivity contribution in [2.45, 2.75) is 5.88 Å². The molecule has 1 aromatic rings. The van der Waals surface area contributed by atoms with Gasteiger partial charge in [-0.25, -0.2) is 0 Å². The van der Waals surface area contributed by atoms with Crippen LogP contribution in [0.15, 0.2) is 24.3 Å². The largest absolute Gasteiger partial charge is 0.340 e. The van der Waals surface area contributed by atoms with Crippen molar-refractivity contribution in [1.29, 1.82) is 0 Å². The molecule has 3 nitrogen and oxygen atoms in total. The summed E-state index contributed by atoms with van der Waals surface area (Å²) in [6, 6.07) is 7.46. The lowest BCUT2D eigenvalue weighted by atomic mass is 10.1. The standard InChI is InChI=1S/C13H19ClN2O/c1-15(2)7-8-16(3)13(17)12-6-4-5-11(9-12)10-14/h4-6,9H,7-8,10H2,1-3H3. The van der Waals surface area contributed by atoms with Crippen LogP contribution in [0, 0.1) is 0 Å². The maximum Gasteiger partial charge on any atom is 0.253 e. The molecule has 0 saturated heterocycles. The van der Waals surface area contributed by atoms with Crippen LogP contribution in [0.4, 0.5) is 0 Å². The molecule has 0 atom stereocenters. The normalized spacial score (nSPS) is 10.6. The molecular formula is C13H19ClN2O. The molecule has 94 valence electrons. The highest BCUT2D eigenvalue weighted by Crippen LogP contribution is 2.09. The van der Waals surface area contributed by atoms with Crippen LogP contribution in [0.3, 0.4) is 0 Å². The van der Waals surface area contributed by atoms with E-state index in [9.17, 15) is 4.79 Å². The predicted molar refractivity (Wildman–Crippen MR) is 71.5 cm³/mol. The molecule has 1 rings (SSSR count). The lowest BCUT2D eigenvalue weighted by Crippen LogP contribution is -2.33. The zero-order valence-electron chi connectivity index (χ0n) is 10.6. The van der Waals surface area contributed by atoms with Crippen LogP contribution in [-0.4, -0.2) is 49.9 Å². The van der Waals surface area contributed by atoms with Gasteiger partial charge in [0.05, 0.1) is 0 Å². The molecule has 0 spiro atoms. The van der Waals surface area contributed by atoms with E-state index < -0.39 is 0 Å². The highest BCUT2D eigenvalue weighted by Gasteiger charge is 2.11. The average Bonchev–Trinajstić information content (AvgIpc) is 2.35. The van der Waals surface area contributed by atoms with Gasteiger partial charge in [-0.15, -0.1) is 11.6 Å². The fraction of sp³-hybridized carbons (Fsp3) is 0.462. The summed E-state index contributed by atoms with van der Waals surface area (Å²) < 4.78 is 0. The number of carbonyl (C=O) groups is 1. The molecule has 4 heteroatoms. The SMILES string of the molecule is CN(C)CCN(C)C(=O)c1cccc(CCl)c1. The minimum atomic E-state index is 0.0406. The summed E-state index contributed by atoms with van der Waals surface area (Å²) in [6.07, 6.45) is 0. The third-order valence-corrected chi connectivity index (χ3v) is 2.87. The molecular weight excluding hydrogens is 236 g/mol. The minimum Gasteiger partial charge on any atom is -0.340 e. The number of benzene rings is 1. The second-order valence-electron chi connectivity index (χ2n) is 4.36. The Balaban J connectivity index is 2.67. The first-order valence-electron chi connectivity index (χ1n) is 5.59. The van der Waals surface area contributed by atoms with Gasteiger partial charge in [-0.2, -0.15) is 0 Å². The summed E-state index contributed by atoms with van der Waals surface area (Å²) in [6.45, 7) is 1.58. The van der Waals surface area contributed by atoms with Crippen molar-refractivity contribution in [2.24, 2.45) is 0 Å². The van der Waals surface area contributed by atoms with Gasteiger partial charge in [0.2, 0.25) is 0 Å². The van der Waals surface area contributed by atoms with Crippen LogP contribution in [0.1, 0.15) is 15.9 Å². The molecule has 0 aliphatic heterocycles. The van der Waals surface area contributed by atoms with Crippen molar-refractivity contribution < 1.29 is 4.79 Å². The number of halogens is 1. The van der Waals surface area contributed by atoms with Crippen molar-refractivity contribution >= 4 is 17.5 Å². The Kier molecular flexibility index (Phi) is 5.45. The topological polar surface area (TPSA) is 23.6 Å². The third-order valence-electron chi connectivity index (χ3n) is 2.56. The minimum absolute atomic E-state index is 0.0406. The number of alkyl halides is 1. The zero-order valence-corrected chi connectivity index (χ0v) is 11.4. The van der Waals surface area contributed by atoms with Gasteiger partial charge in [0.15, 0.2) is 0 Å². The van der Waals surface area contributed by atoms with E-state index in [0.717, 1.165) is 18.7 Å². The van der Waals surface area contributed by atoms with E-state index in [1.165, 1.54) is 0 Å². The molecule has 0 radical (unpaired) electrons. The Bertz CT molecular complexity index is 379. The molecule has 0 aliphatic rings. The molecule has 1 aromatic carbocycles. The van der Waals surface area contributed by atoms with Crippen molar-refractivity contribution in [1.82, 2.24) is 9.80 Å². The molecule has 0 aliphatic carbocycles. The highest BCUT2D eigenvalue weighted by atomic mass is 35.5. The number of hydrogen-bond acceptors (Lipinski definition) is 2. The molecule has 0 N–H and O–H groups in total. The van der Waals surface area contributed by atoms with Crippen LogP contribution in [0.2, 0.25) is 0 Å². The smallest absolute Gasteiger partial charge is 0.253 e. The first-order valence-corrected chi connectivity index (χ1v) is 6.13. The van der Waals surface area contributed by atoms with Gasteiger partial charge >= 0.3 is 0 Å². The van der Waals surface area contributed by atoms with E-state index in [-0.39, 0.29) is 5.91 Å². The van der Waals surface area contributed by atoms with Crippen molar-refractivity contribution in [2.75, 3.05) is 34.2 Å². The van der Waals surface area contributed by atoms with Gasteiger partial charge in [-0.3, -0.25) is 4.79 Å². The molecule has 0 saturated carbocycles. The summed E-state index contributed by atoms with van der Waals surface area (Å²) in [7, 11) is 5.80. The van der Waals surface area contributed by atoms with E-state index >= 15 is 0 Å². The number of hydrogen-bond donors (Lipinski definition) is 0. The Morgan fingerprint density at radius 3 is 2.53 bits per heavy atom. The van der Waals surface area contributed by atoms with Gasteiger partial charge in [0.1, 0.15) is 0 Å². The number of amides is 1. The molecule has 0 fully saturated rings. The Hall–Kier alpha value is -1.06. The van der Waals surface area contributed by atoms with Crippen molar-refractivity contribution in [3.05, 3.63) is 35.4 Å². The second-order valence-corrected chi connectivity index (χ2v) is 4.63. The van der Waals surface area contributed by atoms with Crippen molar-refractivity contribution in [3.63, 3.8) is 0 Å².